The molecule has 1 aromatic heterocycles. The topological polar surface area (TPSA) is 160 Å². The predicted octanol–water partition coefficient (Wildman–Crippen LogP) is -0.797. The number of carbonyl (C=O) groups is 1. The van der Waals surface area contributed by atoms with E-state index in [0.717, 1.165) is 24.3 Å². The van der Waals surface area contributed by atoms with Crippen LogP contribution in [0.25, 0.3) is 0 Å². The van der Waals surface area contributed by atoms with Gasteiger partial charge in [0.15, 0.2) is 0 Å². The molecule has 0 saturated carbocycles. The first kappa shape index (κ1) is 18.8. The number of carbonyl (C=O) groups excluding carboxylic acids is 1. The second-order valence-electron chi connectivity index (χ2n) is 4.71. The molecule has 0 aliphatic carbocycles. The SMILES string of the molecule is CNC(=O)CNS(=O)(=O)c1ccc(S(=O)(=O)Nc2noc(C)n2)cc1. The number of nitrogens with one attached hydrogen (secondary N) is 3. The highest BCUT2D eigenvalue weighted by atomic mass is 32.2. The Labute approximate surface area is 143 Å². The first-order valence-electron chi connectivity index (χ1n) is 6.77. The molecule has 0 spiro atoms. The van der Waals surface area contributed by atoms with Gasteiger partial charge in [0, 0.05) is 14.0 Å². The molecule has 0 aliphatic rings. The summed E-state index contributed by atoms with van der Waals surface area (Å²) < 4.78 is 57.2. The highest BCUT2D eigenvalue weighted by Crippen LogP contribution is 2.16. The standard InChI is InChI=1S/C12H15N5O6S2/c1-8-15-12(16-23-8)17-25(21,22)10-5-3-9(4-6-10)24(19,20)14-7-11(18)13-2/h3-6,14H,7H2,1-2H3,(H,13,18)(H,16,17). The van der Waals surface area contributed by atoms with Crippen LogP contribution < -0.4 is 14.8 Å². The lowest BCUT2D eigenvalue weighted by Gasteiger charge is -2.08. The Morgan fingerprint density at radius 1 is 1.08 bits per heavy atom. The van der Waals surface area contributed by atoms with Crippen molar-refractivity contribution in [2.45, 2.75) is 16.7 Å². The van der Waals surface area contributed by atoms with E-state index in [1.54, 1.807) is 0 Å². The van der Waals surface area contributed by atoms with Gasteiger partial charge in [-0.15, -0.1) is 0 Å². The van der Waals surface area contributed by atoms with Crippen molar-refractivity contribution in [3.63, 3.8) is 0 Å². The first-order chi connectivity index (χ1) is 11.6. The van der Waals surface area contributed by atoms with Crippen LogP contribution in [0.2, 0.25) is 0 Å². The van der Waals surface area contributed by atoms with Crippen LogP contribution in [0.3, 0.4) is 0 Å². The summed E-state index contributed by atoms with van der Waals surface area (Å²) in [7, 11) is -6.59. The van der Waals surface area contributed by atoms with Crippen molar-refractivity contribution in [1.82, 2.24) is 20.2 Å². The Morgan fingerprint density at radius 3 is 2.12 bits per heavy atom. The molecular formula is C12H15N5O6S2. The van der Waals surface area contributed by atoms with Crippen molar-refractivity contribution in [2.75, 3.05) is 18.3 Å². The summed E-state index contributed by atoms with van der Waals surface area (Å²) in [5, 5.41) is 5.68. The third-order valence-electron chi connectivity index (χ3n) is 2.90. The largest absolute Gasteiger partial charge is 0.358 e. The summed E-state index contributed by atoms with van der Waals surface area (Å²) in [6.07, 6.45) is 0. The molecule has 0 fully saturated rings. The van der Waals surface area contributed by atoms with Crippen molar-refractivity contribution in [3.8, 4) is 0 Å². The van der Waals surface area contributed by atoms with E-state index in [-0.39, 0.29) is 21.6 Å². The van der Waals surface area contributed by atoms with Crippen LogP contribution in [-0.4, -0.2) is 46.5 Å². The fourth-order valence-electron chi connectivity index (χ4n) is 1.65. The molecule has 0 radical (unpaired) electrons. The summed E-state index contributed by atoms with van der Waals surface area (Å²) in [4.78, 5) is 14.4. The monoisotopic (exact) mass is 389 g/mol. The Morgan fingerprint density at radius 2 is 1.64 bits per heavy atom. The highest BCUT2D eigenvalue weighted by molar-refractivity contribution is 7.92. The number of aryl methyl sites for hydroxylation is 1. The van der Waals surface area contributed by atoms with Gasteiger partial charge in [0.2, 0.25) is 21.8 Å². The van der Waals surface area contributed by atoms with Crippen LogP contribution in [-0.2, 0) is 24.8 Å². The lowest BCUT2D eigenvalue weighted by atomic mass is 10.4. The molecule has 0 unspecified atom stereocenters. The number of sulfonamides is 2. The number of anilines is 1. The zero-order chi connectivity index (χ0) is 18.7. The number of rotatable bonds is 7. The molecule has 13 heteroatoms. The third-order valence-corrected chi connectivity index (χ3v) is 5.66. The molecule has 25 heavy (non-hydrogen) atoms. The van der Waals surface area contributed by atoms with Gasteiger partial charge in [-0.05, 0) is 29.4 Å². The minimum Gasteiger partial charge on any atom is -0.358 e. The van der Waals surface area contributed by atoms with E-state index < -0.39 is 32.5 Å². The van der Waals surface area contributed by atoms with E-state index >= 15 is 0 Å². The van der Waals surface area contributed by atoms with Crippen LogP contribution in [0.1, 0.15) is 5.89 Å². The van der Waals surface area contributed by atoms with Crippen molar-refractivity contribution >= 4 is 31.9 Å². The fraction of sp³-hybridized carbons (Fsp3) is 0.250. The molecule has 11 nitrogen and oxygen atoms in total. The summed E-state index contributed by atoms with van der Waals surface area (Å²) in [6.45, 7) is 1.06. The van der Waals surface area contributed by atoms with Crippen LogP contribution in [0.4, 0.5) is 5.95 Å². The van der Waals surface area contributed by atoms with E-state index in [4.69, 9.17) is 0 Å². The van der Waals surface area contributed by atoms with E-state index in [9.17, 15) is 21.6 Å². The lowest BCUT2D eigenvalue weighted by molar-refractivity contribution is -0.119. The van der Waals surface area contributed by atoms with Gasteiger partial charge < -0.3 is 9.84 Å². The smallest absolute Gasteiger partial charge is 0.277 e. The molecule has 0 saturated heterocycles. The van der Waals surface area contributed by atoms with Gasteiger partial charge >= 0.3 is 0 Å². The van der Waals surface area contributed by atoms with Gasteiger partial charge in [-0.25, -0.2) is 26.3 Å². The fourth-order valence-corrected chi connectivity index (χ4v) is 3.57. The Hall–Kier alpha value is -2.51. The molecular weight excluding hydrogens is 374 g/mol. The van der Waals surface area contributed by atoms with Crippen LogP contribution >= 0.6 is 0 Å². The quantitative estimate of drug-likeness (QED) is 0.555. The van der Waals surface area contributed by atoms with E-state index in [0.29, 0.717) is 0 Å². The van der Waals surface area contributed by atoms with Gasteiger partial charge in [-0.3, -0.25) is 4.79 Å². The second-order valence-corrected chi connectivity index (χ2v) is 8.16. The maximum absolute atomic E-state index is 12.2. The Kier molecular flexibility index (Phi) is 5.39. The lowest BCUT2D eigenvalue weighted by Crippen LogP contribution is -2.35. The van der Waals surface area contributed by atoms with Gasteiger partial charge in [0.1, 0.15) is 0 Å². The van der Waals surface area contributed by atoms with E-state index in [1.807, 2.05) is 0 Å². The number of hydrogen-bond acceptors (Lipinski definition) is 8. The zero-order valence-electron chi connectivity index (χ0n) is 13.2. The Bertz CT molecular complexity index is 966. The van der Waals surface area contributed by atoms with Gasteiger partial charge in [0.25, 0.3) is 16.0 Å². The molecule has 0 bridgehead atoms. The summed E-state index contributed by atoms with van der Waals surface area (Å²) >= 11 is 0. The van der Waals surface area contributed by atoms with Crippen molar-refractivity contribution in [2.24, 2.45) is 0 Å². The van der Waals surface area contributed by atoms with Gasteiger partial charge in [-0.2, -0.15) is 4.98 Å². The minimum absolute atomic E-state index is 0.182. The molecule has 0 atom stereocenters. The molecule has 2 aromatic rings. The van der Waals surface area contributed by atoms with Crippen molar-refractivity contribution in [1.29, 1.82) is 0 Å². The summed E-state index contributed by atoms with van der Waals surface area (Å²) in [5.41, 5.74) is 0. The highest BCUT2D eigenvalue weighted by Gasteiger charge is 2.20. The second kappa shape index (κ2) is 7.16. The average molecular weight is 389 g/mol. The van der Waals surface area contributed by atoms with Crippen LogP contribution in [0.5, 0.6) is 0 Å². The average Bonchev–Trinajstić information content (AvgIpc) is 2.97. The molecule has 1 heterocycles. The van der Waals surface area contributed by atoms with Gasteiger partial charge in [-0.1, -0.05) is 0 Å². The van der Waals surface area contributed by atoms with E-state index in [1.165, 1.54) is 14.0 Å². The molecule has 0 aliphatic heterocycles. The number of likely N-dealkylation sites (N-methyl/N-ethyl adjacent to an activating group) is 1. The third kappa shape index (κ3) is 4.74. The summed E-state index contributed by atoms with van der Waals surface area (Å²) in [6, 6.07) is 4.40. The number of nitrogens with zero attached hydrogens (tertiary/aromatic N) is 2. The minimum atomic E-state index is -4.01. The van der Waals surface area contributed by atoms with E-state index in [2.05, 4.69) is 29.4 Å². The maximum atomic E-state index is 12.2. The number of hydrogen-bond donors (Lipinski definition) is 3. The number of benzene rings is 1. The number of aromatic nitrogens is 2. The first-order valence-corrected chi connectivity index (χ1v) is 9.74. The molecule has 2 rings (SSSR count). The number of amides is 1. The molecule has 1 aromatic carbocycles. The van der Waals surface area contributed by atoms with Crippen LogP contribution in [0, 0.1) is 6.92 Å². The zero-order valence-corrected chi connectivity index (χ0v) is 14.8. The predicted molar refractivity (Wildman–Crippen MR) is 85.5 cm³/mol. The Balaban J connectivity index is 2.17. The van der Waals surface area contributed by atoms with Gasteiger partial charge in [0.05, 0.1) is 16.3 Å². The van der Waals surface area contributed by atoms with Crippen molar-refractivity contribution in [3.05, 3.63) is 30.2 Å². The van der Waals surface area contributed by atoms with Crippen molar-refractivity contribution < 1.29 is 26.2 Å². The summed E-state index contributed by atoms with van der Waals surface area (Å²) in [5.74, 6) is -0.565. The molecule has 3 N–H and O–H groups in total. The molecule has 1 amide bonds. The molecule has 136 valence electrons. The maximum Gasteiger partial charge on any atom is 0.277 e. The normalized spacial score (nSPS) is 11.9. The van der Waals surface area contributed by atoms with Crippen LogP contribution in [0.15, 0.2) is 38.6 Å².